The van der Waals surface area contributed by atoms with Gasteiger partial charge in [-0.2, -0.15) is 0 Å². The van der Waals surface area contributed by atoms with E-state index < -0.39 is 0 Å². The van der Waals surface area contributed by atoms with Crippen molar-refractivity contribution in [1.29, 1.82) is 0 Å². The van der Waals surface area contributed by atoms with Crippen molar-refractivity contribution in [1.82, 2.24) is 25.2 Å². The summed E-state index contributed by atoms with van der Waals surface area (Å²) >= 11 is 0. The number of nitrogens with one attached hydrogen (secondary N) is 1. The van der Waals surface area contributed by atoms with Gasteiger partial charge in [-0.15, -0.1) is 24.1 Å². The average Bonchev–Trinajstić information content (AvgIpc) is 3.04. The number of nitrogens with zero attached hydrogens (tertiary/aromatic N) is 4. The molecular formula is C19H25ClFN5O. The van der Waals surface area contributed by atoms with Gasteiger partial charge in [-0.05, 0) is 38.9 Å². The van der Waals surface area contributed by atoms with Crippen LogP contribution in [0.5, 0.6) is 0 Å². The van der Waals surface area contributed by atoms with Crippen molar-refractivity contribution in [2.24, 2.45) is 0 Å². The van der Waals surface area contributed by atoms with E-state index in [1.165, 1.54) is 11.0 Å². The smallest absolute Gasteiger partial charge is 0.276 e. The first kappa shape index (κ1) is 21.1. The van der Waals surface area contributed by atoms with E-state index in [0.29, 0.717) is 17.8 Å². The molecule has 1 aliphatic rings. The predicted octanol–water partition coefficient (Wildman–Crippen LogP) is 2.90. The molecule has 6 nitrogen and oxygen atoms in total. The largest absolute Gasteiger partial charge is 0.329 e. The van der Waals surface area contributed by atoms with E-state index in [-0.39, 0.29) is 36.7 Å². The summed E-state index contributed by atoms with van der Waals surface area (Å²) < 4.78 is 15.8. The maximum absolute atomic E-state index is 14.0. The molecule has 1 aromatic heterocycles. The number of rotatable bonds is 6. The van der Waals surface area contributed by atoms with Gasteiger partial charge in [0.05, 0.1) is 11.7 Å². The Labute approximate surface area is 164 Å². The molecule has 2 heterocycles. The van der Waals surface area contributed by atoms with Crippen molar-refractivity contribution in [3.63, 3.8) is 0 Å². The van der Waals surface area contributed by atoms with Gasteiger partial charge in [0.1, 0.15) is 5.82 Å². The van der Waals surface area contributed by atoms with Crippen LogP contribution in [0.25, 0.3) is 0 Å². The number of piperidine rings is 1. The van der Waals surface area contributed by atoms with Crippen molar-refractivity contribution in [2.45, 2.75) is 32.4 Å². The minimum absolute atomic E-state index is 0. The van der Waals surface area contributed by atoms with E-state index in [0.717, 1.165) is 31.6 Å². The molecule has 8 heteroatoms. The molecule has 1 fully saturated rings. The highest BCUT2D eigenvalue weighted by atomic mass is 35.5. The Balaban J connectivity index is 0.00000261. The molecule has 0 spiro atoms. The van der Waals surface area contributed by atoms with Crippen LogP contribution in [0, 0.1) is 12.7 Å². The molecule has 0 atom stereocenters. The third-order valence-electron chi connectivity index (χ3n) is 4.74. The van der Waals surface area contributed by atoms with Crippen LogP contribution in [0.1, 0.15) is 40.6 Å². The Hall–Kier alpha value is -2.25. The maximum Gasteiger partial charge on any atom is 0.276 e. The molecule has 2 aromatic rings. The summed E-state index contributed by atoms with van der Waals surface area (Å²) in [5.74, 6) is -0.588. The summed E-state index contributed by atoms with van der Waals surface area (Å²) in [5, 5.41) is 11.7. The van der Waals surface area contributed by atoms with E-state index in [1.54, 1.807) is 24.3 Å². The second-order valence-corrected chi connectivity index (χ2v) is 6.51. The summed E-state index contributed by atoms with van der Waals surface area (Å²) in [6.45, 7) is 7.91. The molecule has 1 aromatic carbocycles. The Bertz CT molecular complexity index is 788. The number of hydrogen-bond donors (Lipinski definition) is 1. The Morgan fingerprint density at radius 1 is 1.41 bits per heavy atom. The van der Waals surface area contributed by atoms with Gasteiger partial charge >= 0.3 is 0 Å². The Morgan fingerprint density at radius 2 is 2.11 bits per heavy atom. The third-order valence-corrected chi connectivity index (χ3v) is 4.74. The molecular weight excluding hydrogens is 369 g/mol. The Kier molecular flexibility index (Phi) is 7.50. The van der Waals surface area contributed by atoms with Gasteiger partial charge in [0.2, 0.25) is 0 Å². The van der Waals surface area contributed by atoms with Crippen molar-refractivity contribution < 1.29 is 9.18 Å². The minimum Gasteiger partial charge on any atom is -0.329 e. The average molecular weight is 394 g/mol. The quantitative estimate of drug-likeness (QED) is 0.766. The van der Waals surface area contributed by atoms with Crippen LogP contribution in [-0.4, -0.2) is 45.4 Å². The molecule has 0 radical (unpaired) electrons. The fraction of sp³-hybridized carbons (Fsp3) is 0.421. The fourth-order valence-corrected chi connectivity index (χ4v) is 3.29. The summed E-state index contributed by atoms with van der Waals surface area (Å²) in [7, 11) is 0. The van der Waals surface area contributed by atoms with Crippen LogP contribution in [0.15, 0.2) is 36.9 Å². The summed E-state index contributed by atoms with van der Waals surface area (Å²) in [5.41, 5.74) is 1.54. The van der Waals surface area contributed by atoms with Gasteiger partial charge in [-0.1, -0.05) is 29.5 Å². The third kappa shape index (κ3) is 4.73. The lowest BCUT2D eigenvalue weighted by molar-refractivity contribution is 0.0754. The molecule has 0 aliphatic carbocycles. The second kappa shape index (κ2) is 9.62. The Morgan fingerprint density at radius 3 is 2.78 bits per heavy atom. The highest BCUT2D eigenvalue weighted by Crippen LogP contribution is 2.21. The van der Waals surface area contributed by atoms with Gasteiger partial charge in [0.25, 0.3) is 5.91 Å². The number of hydrogen-bond acceptors (Lipinski definition) is 4. The van der Waals surface area contributed by atoms with E-state index in [1.807, 2.05) is 11.6 Å². The molecule has 1 aliphatic heterocycles. The number of carbonyl (C=O) groups is 1. The van der Waals surface area contributed by atoms with E-state index in [4.69, 9.17) is 0 Å². The van der Waals surface area contributed by atoms with Gasteiger partial charge < -0.3 is 10.2 Å². The first-order chi connectivity index (χ1) is 12.6. The topological polar surface area (TPSA) is 63.1 Å². The molecule has 1 N–H and O–H groups in total. The summed E-state index contributed by atoms with van der Waals surface area (Å²) in [4.78, 5) is 14.5. The molecule has 0 bridgehead atoms. The second-order valence-electron chi connectivity index (χ2n) is 6.51. The molecule has 27 heavy (non-hydrogen) atoms. The summed E-state index contributed by atoms with van der Waals surface area (Å²) in [6.07, 6.45) is 3.55. The number of amides is 1. The molecule has 0 unspecified atom stereocenters. The van der Waals surface area contributed by atoms with Crippen LogP contribution in [0.4, 0.5) is 4.39 Å². The lowest BCUT2D eigenvalue weighted by atomic mass is 10.1. The monoisotopic (exact) mass is 393 g/mol. The maximum atomic E-state index is 14.0. The predicted molar refractivity (Wildman–Crippen MR) is 104 cm³/mol. The van der Waals surface area contributed by atoms with Crippen LogP contribution >= 0.6 is 12.4 Å². The molecule has 0 saturated carbocycles. The van der Waals surface area contributed by atoms with Gasteiger partial charge in [-0.25, -0.2) is 9.07 Å². The van der Waals surface area contributed by atoms with Crippen LogP contribution < -0.4 is 5.32 Å². The number of aromatic nitrogens is 3. The first-order valence-corrected chi connectivity index (χ1v) is 8.88. The zero-order chi connectivity index (χ0) is 18.5. The van der Waals surface area contributed by atoms with Crippen molar-refractivity contribution >= 4 is 18.3 Å². The number of carbonyl (C=O) groups excluding carboxylic acids is 1. The van der Waals surface area contributed by atoms with Crippen molar-refractivity contribution in [3.05, 3.63) is 59.7 Å². The highest BCUT2D eigenvalue weighted by Gasteiger charge is 2.26. The molecule has 3 rings (SSSR count). The normalized spacial score (nSPS) is 14.4. The zero-order valence-corrected chi connectivity index (χ0v) is 16.2. The highest BCUT2D eigenvalue weighted by molar-refractivity contribution is 5.93. The zero-order valence-electron chi connectivity index (χ0n) is 15.4. The van der Waals surface area contributed by atoms with E-state index in [9.17, 15) is 9.18 Å². The summed E-state index contributed by atoms with van der Waals surface area (Å²) in [6, 6.07) is 6.72. The fourth-order valence-electron chi connectivity index (χ4n) is 3.29. The number of benzene rings is 1. The van der Waals surface area contributed by atoms with Crippen LogP contribution in [0.3, 0.4) is 0 Å². The van der Waals surface area contributed by atoms with E-state index in [2.05, 4.69) is 22.2 Å². The van der Waals surface area contributed by atoms with Crippen molar-refractivity contribution in [2.75, 3.05) is 19.6 Å². The van der Waals surface area contributed by atoms with Crippen LogP contribution in [0.2, 0.25) is 0 Å². The lowest BCUT2D eigenvalue weighted by Gasteiger charge is -2.24. The van der Waals surface area contributed by atoms with Gasteiger partial charge in [0.15, 0.2) is 5.69 Å². The molecule has 1 saturated heterocycles. The first-order valence-electron chi connectivity index (χ1n) is 8.88. The lowest BCUT2D eigenvalue weighted by Crippen LogP contribution is -2.32. The molecule has 1 amide bonds. The standard InChI is InChI=1S/C19H24FN5O.ClH/c1-3-12-24(13-15-6-4-5-7-17(15)20)19(26)18-14(2)25(23-22-18)16-8-10-21-11-9-16;/h3-7,16,21H,1,8-13H2,2H3;1H. The van der Waals surface area contributed by atoms with Crippen molar-refractivity contribution in [3.8, 4) is 0 Å². The minimum atomic E-state index is -0.329. The van der Waals surface area contributed by atoms with Gasteiger partial charge in [-0.3, -0.25) is 4.79 Å². The van der Waals surface area contributed by atoms with Gasteiger partial charge in [0, 0.05) is 18.7 Å². The number of halogens is 2. The van der Waals surface area contributed by atoms with Crippen LogP contribution in [-0.2, 0) is 6.54 Å². The van der Waals surface area contributed by atoms with E-state index >= 15 is 0 Å². The molecule has 146 valence electrons. The SMILES string of the molecule is C=CCN(Cc1ccccc1F)C(=O)c1nnn(C2CCNCC2)c1C.Cl.